The molecule has 2 heterocycles. The van der Waals surface area contributed by atoms with E-state index in [-0.39, 0.29) is 18.2 Å². The lowest BCUT2D eigenvalue weighted by Crippen LogP contribution is -2.50. The number of amides is 2. The number of para-hydroxylation sites is 2. The van der Waals surface area contributed by atoms with Crippen molar-refractivity contribution in [2.24, 2.45) is 0 Å². The van der Waals surface area contributed by atoms with Gasteiger partial charge in [0.05, 0.1) is 12.1 Å². The molecule has 146 valence electrons. The molecule has 0 aromatic heterocycles. The van der Waals surface area contributed by atoms with Crippen LogP contribution in [0.2, 0.25) is 0 Å². The fraction of sp³-hybridized carbons (Fsp3) is 0.364. The number of hydrogen-bond acceptors (Lipinski definition) is 4. The second-order valence-electron chi connectivity index (χ2n) is 7.38. The summed E-state index contributed by atoms with van der Waals surface area (Å²) in [7, 11) is 0. The van der Waals surface area contributed by atoms with Gasteiger partial charge in [-0.15, -0.1) is 0 Å². The van der Waals surface area contributed by atoms with Crippen LogP contribution in [-0.2, 0) is 16.1 Å². The van der Waals surface area contributed by atoms with E-state index in [2.05, 4.69) is 41.4 Å². The number of hydrogen-bond donors (Lipinski definition) is 1. The van der Waals surface area contributed by atoms with Crippen molar-refractivity contribution >= 4 is 17.5 Å². The maximum Gasteiger partial charge on any atom is 0.266 e. The van der Waals surface area contributed by atoms with Gasteiger partial charge in [0.1, 0.15) is 5.75 Å². The molecule has 2 amide bonds. The molecule has 0 spiro atoms. The SMILES string of the molecule is Cc1ccccc1CN1CCN(C(=O)CC2Oc3ccccc3NC2=O)CC1. The molecule has 2 aliphatic rings. The lowest BCUT2D eigenvalue weighted by atomic mass is 10.1. The third-order valence-corrected chi connectivity index (χ3v) is 5.45. The van der Waals surface area contributed by atoms with Crippen molar-refractivity contribution in [1.29, 1.82) is 0 Å². The molecule has 2 aromatic carbocycles. The van der Waals surface area contributed by atoms with Crippen LogP contribution < -0.4 is 10.1 Å². The number of carbonyl (C=O) groups is 2. The zero-order valence-electron chi connectivity index (χ0n) is 16.1. The lowest BCUT2D eigenvalue weighted by molar-refractivity contribution is -0.138. The summed E-state index contributed by atoms with van der Waals surface area (Å²) in [6.07, 6.45) is -0.704. The highest BCUT2D eigenvalue weighted by atomic mass is 16.5. The van der Waals surface area contributed by atoms with Crippen molar-refractivity contribution in [2.45, 2.75) is 26.0 Å². The van der Waals surface area contributed by atoms with Gasteiger partial charge in [-0.3, -0.25) is 14.5 Å². The summed E-state index contributed by atoms with van der Waals surface area (Å²) in [5.74, 6) is 0.322. The molecule has 1 fully saturated rings. The van der Waals surface area contributed by atoms with Crippen molar-refractivity contribution in [1.82, 2.24) is 9.80 Å². The third kappa shape index (κ3) is 4.02. The highest BCUT2D eigenvalue weighted by molar-refractivity contribution is 5.99. The van der Waals surface area contributed by atoms with Crippen LogP contribution in [0.15, 0.2) is 48.5 Å². The average Bonchev–Trinajstić information content (AvgIpc) is 2.71. The fourth-order valence-corrected chi connectivity index (χ4v) is 3.70. The Morgan fingerprint density at radius 3 is 2.57 bits per heavy atom. The Morgan fingerprint density at radius 2 is 1.79 bits per heavy atom. The van der Waals surface area contributed by atoms with Crippen molar-refractivity contribution in [2.75, 3.05) is 31.5 Å². The van der Waals surface area contributed by atoms with Gasteiger partial charge in [-0.05, 0) is 30.2 Å². The van der Waals surface area contributed by atoms with Crippen LogP contribution in [0.4, 0.5) is 5.69 Å². The Balaban J connectivity index is 1.30. The van der Waals surface area contributed by atoms with Gasteiger partial charge in [0, 0.05) is 32.7 Å². The smallest absolute Gasteiger partial charge is 0.266 e. The first kappa shape index (κ1) is 18.5. The van der Waals surface area contributed by atoms with Crippen LogP contribution in [0.1, 0.15) is 17.5 Å². The summed E-state index contributed by atoms with van der Waals surface area (Å²) in [6.45, 7) is 6.05. The van der Waals surface area contributed by atoms with Gasteiger partial charge in [0.15, 0.2) is 6.10 Å². The molecule has 6 heteroatoms. The number of benzene rings is 2. The maximum atomic E-state index is 12.7. The van der Waals surface area contributed by atoms with Crippen molar-refractivity contribution in [3.63, 3.8) is 0 Å². The molecule has 1 unspecified atom stereocenters. The normalized spacial score (nSPS) is 19.5. The Labute approximate surface area is 165 Å². The maximum absolute atomic E-state index is 12.7. The zero-order chi connectivity index (χ0) is 19.5. The quantitative estimate of drug-likeness (QED) is 0.886. The van der Waals surface area contributed by atoms with Crippen LogP contribution in [-0.4, -0.2) is 53.9 Å². The minimum absolute atomic E-state index is 0.0323. The van der Waals surface area contributed by atoms with E-state index in [4.69, 9.17) is 4.74 Å². The number of ether oxygens (including phenoxy) is 1. The molecule has 1 atom stereocenters. The summed E-state index contributed by atoms with van der Waals surface area (Å²) < 4.78 is 5.75. The number of aryl methyl sites for hydroxylation is 1. The van der Waals surface area contributed by atoms with Gasteiger partial charge in [0.25, 0.3) is 5.91 Å². The van der Waals surface area contributed by atoms with Crippen molar-refractivity contribution in [3.05, 3.63) is 59.7 Å². The van der Waals surface area contributed by atoms with Crippen LogP contribution in [0.5, 0.6) is 5.75 Å². The number of nitrogens with one attached hydrogen (secondary N) is 1. The summed E-state index contributed by atoms with van der Waals surface area (Å²) in [6, 6.07) is 15.7. The number of anilines is 1. The molecule has 1 saturated heterocycles. The summed E-state index contributed by atoms with van der Waals surface area (Å²) in [5, 5.41) is 2.81. The van der Waals surface area contributed by atoms with Crippen molar-refractivity contribution < 1.29 is 14.3 Å². The summed E-state index contributed by atoms with van der Waals surface area (Å²) in [5.41, 5.74) is 3.27. The van der Waals surface area contributed by atoms with Gasteiger partial charge in [-0.1, -0.05) is 36.4 Å². The van der Waals surface area contributed by atoms with E-state index in [1.54, 1.807) is 12.1 Å². The van der Waals surface area contributed by atoms with Gasteiger partial charge in [0.2, 0.25) is 5.91 Å². The topological polar surface area (TPSA) is 61.9 Å². The molecule has 0 aliphatic carbocycles. The van der Waals surface area contributed by atoms with Crippen molar-refractivity contribution in [3.8, 4) is 5.75 Å². The Bertz CT molecular complexity index is 875. The van der Waals surface area contributed by atoms with Gasteiger partial charge in [-0.25, -0.2) is 0 Å². The largest absolute Gasteiger partial charge is 0.478 e. The van der Waals surface area contributed by atoms with Crippen LogP contribution in [0.3, 0.4) is 0 Å². The summed E-state index contributed by atoms with van der Waals surface area (Å²) >= 11 is 0. The van der Waals surface area contributed by atoms with Crippen LogP contribution in [0, 0.1) is 6.92 Å². The molecular weight excluding hydrogens is 354 g/mol. The number of rotatable bonds is 4. The number of nitrogens with zero attached hydrogens (tertiary/aromatic N) is 2. The van der Waals surface area contributed by atoms with E-state index in [1.165, 1.54) is 11.1 Å². The molecule has 0 radical (unpaired) electrons. The van der Waals surface area contributed by atoms with E-state index in [0.29, 0.717) is 24.5 Å². The molecule has 0 bridgehead atoms. The fourth-order valence-electron chi connectivity index (χ4n) is 3.70. The number of fused-ring (bicyclic) bond motifs is 1. The van der Waals surface area contributed by atoms with Gasteiger partial charge < -0.3 is 15.0 Å². The number of carbonyl (C=O) groups excluding carboxylic acids is 2. The van der Waals surface area contributed by atoms with E-state index in [9.17, 15) is 9.59 Å². The molecule has 2 aliphatic heterocycles. The Hall–Kier alpha value is -2.86. The zero-order valence-corrected chi connectivity index (χ0v) is 16.1. The average molecular weight is 379 g/mol. The second kappa shape index (κ2) is 8.02. The van der Waals surface area contributed by atoms with E-state index < -0.39 is 6.10 Å². The van der Waals surface area contributed by atoms with E-state index >= 15 is 0 Å². The van der Waals surface area contributed by atoms with E-state index in [0.717, 1.165) is 19.6 Å². The highest BCUT2D eigenvalue weighted by Crippen LogP contribution is 2.29. The Kier molecular flexibility index (Phi) is 5.30. The predicted octanol–water partition coefficient (Wildman–Crippen LogP) is 2.43. The molecule has 1 N–H and O–H groups in total. The number of piperazine rings is 1. The van der Waals surface area contributed by atoms with Gasteiger partial charge in [-0.2, -0.15) is 0 Å². The van der Waals surface area contributed by atoms with E-state index in [1.807, 2.05) is 17.0 Å². The first-order valence-electron chi connectivity index (χ1n) is 9.71. The lowest BCUT2D eigenvalue weighted by Gasteiger charge is -2.36. The first-order chi connectivity index (χ1) is 13.6. The molecular formula is C22H25N3O3. The molecule has 6 nitrogen and oxygen atoms in total. The monoisotopic (exact) mass is 379 g/mol. The summed E-state index contributed by atoms with van der Waals surface area (Å²) in [4.78, 5) is 29.1. The predicted molar refractivity (Wildman–Crippen MR) is 107 cm³/mol. The third-order valence-electron chi connectivity index (χ3n) is 5.45. The minimum atomic E-state index is -0.771. The standard InChI is InChI=1S/C22H25N3O3/c1-16-6-2-3-7-17(16)15-24-10-12-25(13-11-24)21(26)14-20-22(27)23-18-8-4-5-9-19(18)28-20/h2-9,20H,10-15H2,1H3,(H,23,27). The highest BCUT2D eigenvalue weighted by Gasteiger charge is 2.32. The van der Waals surface area contributed by atoms with Crippen LogP contribution in [0.25, 0.3) is 0 Å². The van der Waals surface area contributed by atoms with Gasteiger partial charge >= 0.3 is 0 Å². The first-order valence-corrected chi connectivity index (χ1v) is 9.71. The minimum Gasteiger partial charge on any atom is -0.478 e. The van der Waals surface area contributed by atoms with Crippen LogP contribution >= 0.6 is 0 Å². The Morgan fingerprint density at radius 1 is 1.07 bits per heavy atom. The molecule has 0 saturated carbocycles. The second-order valence-corrected chi connectivity index (χ2v) is 7.38. The molecule has 28 heavy (non-hydrogen) atoms. The molecule has 2 aromatic rings. The molecule has 4 rings (SSSR count).